The number of nitrogens with zero attached hydrogens (tertiary/aromatic N) is 2. The van der Waals surface area contributed by atoms with Crippen LogP contribution in [0.25, 0.3) is 43.4 Å². The Morgan fingerprint density at radius 2 is 1.23 bits per heavy atom. The van der Waals surface area contributed by atoms with Gasteiger partial charge in [-0.2, -0.15) is 0 Å². The molecule has 4 nitrogen and oxygen atoms in total. The normalized spacial score (nSPS) is 13.5. The van der Waals surface area contributed by atoms with Crippen LogP contribution < -0.4 is 15.3 Å². The van der Waals surface area contributed by atoms with E-state index in [0.29, 0.717) is 5.39 Å². The number of para-hydroxylation sites is 1. The average Bonchev–Trinajstić information content (AvgIpc) is 3.25. The van der Waals surface area contributed by atoms with Crippen LogP contribution in [0.5, 0.6) is 0 Å². The highest BCUT2D eigenvalue weighted by Gasteiger charge is 2.40. The molecule has 0 aliphatic carbocycles. The zero-order chi connectivity index (χ0) is 29.6. The summed E-state index contributed by atoms with van der Waals surface area (Å²) in [6.45, 7) is 9.05. The Bertz CT molecular complexity index is 2270. The van der Waals surface area contributed by atoms with Gasteiger partial charge in [0.25, 0.3) is 5.69 Å². The number of benzene rings is 7. The molecule has 0 atom stereocenters. The van der Waals surface area contributed by atoms with Crippen LogP contribution in [0.1, 0.15) is 11.1 Å². The minimum absolute atomic E-state index is 0.161. The van der Waals surface area contributed by atoms with E-state index in [1.165, 1.54) is 27.2 Å². The van der Waals surface area contributed by atoms with Gasteiger partial charge in [0.1, 0.15) is 8.07 Å². The van der Waals surface area contributed by atoms with Gasteiger partial charge in [0, 0.05) is 28.2 Å². The third-order valence-corrected chi connectivity index (χ3v) is 13.1. The third kappa shape index (κ3) is 3.49. The molecule has 0 radical (unpaired) electrons. The summed E-state index contributed by atoms with van der Waals surface area (Å²) in [5, 5.41) is 21.1. The van der Waals surface area contributed by atoms with Gasteiger partial charge in [0.15, 0.2) is 0 Å². The van der Waals surface area contributed by atoms with Crippen molar-refractivity contribution >= 4 is 73.5 Å². The topological polar surface area (TPSA) is 46.4 Å². The second-order valence-corrected chi connectivity index (χ2v) is 16.6. The number of hydrogen-bond donors (Lipinski definition) is 0. The van der Waals surface area contributed by atoms with E-state index in [1.54, 1.807) is 6.07 Å². The molecule has 8 rings (SSSR count). The molecular weight excluding hydrogens is 545 g/mol. The Morgan fingerprint density at radius 3 is 1.98 bits per heavy atom. The van der Waals surface area contributed by atoms with E-state index >= 15 is 0 Å². The summed E-state index contributed by atoms with van der Waals surface area (Å²) in [7, 11) is -2.04. The van der Waals surface area contributed by atoms with Crippen molar-refractivity contribution < 1.29 is 4.92 Å². The smallest absolute Gasteiger partial charge is 0.277 e. The molecule has 1 aliphatic heterocycles. The lowest BCUT2D eigenvalue weighted by Gasteiger charge is -2.33. The maximum Gasteiger partial charge on any atom is 0.277 e. The van der Waals surface area contributed by atoms with Crippen molar-refractivity contribution in [3.8, 4) is 11.1 Å². The number of aryl methyl sites for hydroxylation is 2. The first-order chi connectivity index (χ1) is 20.8. The van der Waals surface area contributed by atoms with Crippen molar-refractivity contribution in [2.75, 3.05) is 4.90 Å². The number of nitro benzene ring substituents is 1. The predicted molar refractivity (Wildman–Crippen MR) is 183 cm³/mol. The van der Waals surface area contributed by atoms with Crippen molar-refractivity contribution in [1.29, 1.82) is 0 Å². The summed E-state index contributed by atoms with van der Waals surface area (Å²) in [5.41, 5.74) is 8.28. The van der Waals surface area contributed by atoms with Crippen LogP contribution in [-0.2, 0) is 0 Å². The highest BCUT2D eigenvalue weighted by atomic mass is 28.3. The molecule has 0 bridgehead atoms. The van der Waals surface area contributed by atoms with Crippen LogP contribution in [0.4, 0.5) is 22.7 Å². The molecule has 5 heteroatoms. The second-order valence-electron chi connectivity index (χ2n) is 12.3. The molecule has 1 aliphatic rings. The fourth-order valence-electron chi connectivity index (χ4n) is 7.63. The third-order valence-electron chi connectivity index (χ3n) is 9.52. The zero-order valence-electron chi connectivity index (χ0n) is 24.6. The SMILES string of the molecule is Cc1cc(N(c2ccccc2)c2cccc3c2[Si](C)(C)c2ccccc2-3)c2ccc3c(C)cc([N+](=O)[O-])c4ccc1c2c34. The summed E-state index contributed by atoms with van der Waals surface area (Å²) >= 11 is 0. The van der Waals surface area contributed by atoms with E-state index in [-0.39, 0.29) is 10.6 Å². The highest BCUT2D eigenvalue weighted by molar-refractivity contribution is 7.04. The van der Waals surface area contributed by atoms with E-state index in [1.807, 2.05) is 13.0 Å². The molecule has 0 unspecified atom stereocenters. The molecule has 208 valence electrons. The van der Waals surface area contributed by atoms with E-state index in [2.05, 4.69) is 122 Å². The van der Waals surface area contributed by atoms with Gasteiger partial charge in [-0.1, -0.05) is 85.9 Å². The number of non-ortho nitro benzene ring substituents is 1. The molecule has 7 aromatic rings. The van der Waals surface area contributed by atoms with Gasteiger partial charge in [-0.05, 0) is 93.0 Å². The Labute approximate surface area is 251 Å². The predicted octanol–water partition coefficient (Wildman–Crippen LogP) is 9.38. The molecular formula is C38H30N2O2Si. The molecule has 43 heavy (non-hydrogen) atoms. The fraction of sp³-hybridized carbons (Fsp3) is 0.105. The lowest BCUT2D eigenvalue weighted by Crippen LogP contribution is -2.50. The zero-order valence-corrected chi connectivity index (χ0v) is 25.6. The van der Waals surface area contributed by atoms with E-state index in [0.717, 1.165) is 49.4 Å². The number of rotatable bonds is 4. The Kier molecular flexibility index (Phi) is 5.37. The molecule has 0 amide bonds. The van der Waals surface area contributed by atoms with Gasteiger partial charge in [-0.3, -0.25) is 10.1 Å². The second kappa shape index (κ2) is 9.00. The van der Waals surface area contributed by atoms with Crippen molar-refractivity contribution in [1.82, 2.24) is 0 Å². The van der Waals surface area contributed by atoms with Gasteiger partial charge in [-0.25, -0.2) is 0 Å². The summed E-state index contributed by atoms with van der Waals surface area (Å²) in [4.78, 5) is 14.4. The maximum absolute atomic E-state index is 12.2. The van der Waals surface area contributed by atoms with Gasteiger partial charge in [-0.15, -0.1) is 0 Å². The number of hydrogen-bond acceptors (Lipinski definition) is 3. The lowest BCUT2D eigenvalue weighted by molar-refractivity contribution is -0.383. The van der Waals surface area contributed by atoms with Crippen LogP contribution in [0, 0.1) is 24.0 Å². The molecule has 0 spiro atoms. The fourth-order valence-corrected chi connectivity index (χ4v) is 11.0. The van der Waals surface area contributed by atoms with Crippen LogP contribution in [0.3, 0.4) is 0 Å². The molecule has 0 fully saturated rings. The van der Waals surface area contributed by atoms with Crippen LogP contribution >= 0.6 is 0 Å². The minimum Gasteiger partial charge on any atom is -0.310 e. The maximum atomic E-state index is 12.2. The van der Waals surface area contributed by atoms with Crippen molar-refractivity contribution in [3.05, 3.63) is 130 Å². The summed E-state index contributed by atoms with van der Waals surface area (Å²) in [6, 6.07) is 38.6. The van der Waals surface area contributed by atoms with Gasteiger partial charge < -0.3 is 4.90 Å². The van der Waals surface area contributed by atoms with Gasteiger partial charge >= 0.3 is 0 Å². The summed E-state index contributed by atoms with van der Waals surface area (Å²) < 4.78 is 0. The van der Waals surface area contributed by atoms with Gasteiger partial charge in [0.2, 0.25) is 0 Å². The standard InChI is InChI=1S/C38H30N2O2Si/c1-23-21-33(30-19-17-27-24(2)22-34(40(41)42)31-20-18-26(23)36(30)37(27)31)39(25-11-6-5-7-12-25)32-15-10-14-29-28-13-8-9-16-35(28)43(3,4)38(29)32/h5-22H,1-4H3. The Morgan fingerprint density at radius 1 is 0.628 bits per heavy atom. The van der Waals surface area contributed by atoms with E-state index in [4.69, 9.17) is 0 Å². The van der Waals surface area contributed by atoms with Crippen LogP contribution in [-0.4, -0.2) is 13.0 Å². The Hall–Kier alpha value is -5.00. The monoisotopic (exact) mass is 574 g/mol. The highest BCUT2D eigenvalue weighted by Crippen LogP contribution is 2.47. The summed E-state index contributed by atoms with van der Waals surface area (Å²) in [6.07, 6.45) is 0. The first-order valence-electron chi connectivity index (χ1n) is 14.7. The van der Waals surface area contributed by atoms with Crippen molar-refractivity contribution in [2.45, 2.75) is 26.9 Å². The van der Waals surface area contributed by atoms with E-state index in [9.17, 15) is 10.1 Å². The molecule has 0 N–H and O–H groups in total. The van der Waals surface area contributed by atoms with Crippen LogP contribution in [0.2, 0.25) is 13.1 Å². The molecule has 0 saturated heterocycles. The first kappa shape index (κ1) is 25.7. The first-order valence-corrected chi connectivity index (χ1v) is 17.7. The minimum atomic E-state index is -2.04. The van der Waals surface area contributed by atoms with E-state index < -0.39 is 8.07 Å². The quantitative estimate of drug-likeness (QED) is 0.0910. The van der Waals surface area contributed by atoms with Gasteiger partial charge in [0.05, 0.1) is 16.0 Å². The number of anilines is 3. The molecule has 0 saturated carbocycles. The average molecular weight is 575 g/mol. The number of nitro groups is 1. The molecule has 7 aromatic carbocycles. The number of fused-ring (bicyclic) bond motifs is 3. The largest absolute Gasteiger partial charge is 0.310 e. The Balaban J connectivity index is 1.51. The lowest BCUT2D eigenvalue weighted by atomic mass is 9.88. The van der Waals surface area contributed by atoms with Crippen LogP contribution in [0.15, 0.2) is 109 Å². The van der Waals surface area contributed by atoms with Crippen molar-refractivity contribution in [2.24, 2.45) is 0 Å². The molecule has 0 aromatic heterocycles. The molecule has 1 heterocycles. The van der Waals surface area contributed by atoms with Crippen molar-refractivity contribution in [3.63, 3.8) is 0 Å². The summed E-state index contributed by atoms with van der Waals surface area (Å²) in [5.74, 6) is 0.